The molecule has 0 aliphatic heterocycles. The molecule has 0 saturated carbocycles. The fraction of sp³-hybridized carbons (Fsp3) is 0.143. The van der Waals surface area contributed by atoms with Crippen molar-refractivity contribution >= 4 is 64.6 Å². The molecule has 0 saturated heterocycles. The average Bonchev–Trinajstić information content (AvgIpc) is 1.56. The Kier molecular flexibility index (Phi) is 22.2. The van der Waals surface area contributed by atoms with Gasteiger partial charge in [-0.3, -0.25) is 84.9 Å². The maximum absolute atomic E-state index is 15.5. The minimum atomic E-state index is -4.62. The van der Waals surface area contributed by atoms with Crippen molar-refractivity contribution in [2.24, 2.45) is 0 Å². The van der Waals surface area contributed by atoms with E-state index in [9.17, 15) is 94.4 Å². The fourth-order valence-electron chi connectivity index (χ4n) is 15.2. The van der Waals surface area contributed by atoms with Gasteiger partial charge in [0, 0.05) is 11.1 Å². The number of rotatable bonds is 12. The molecule has 0 radical (unpaired) electrons. The van der Waals surface area contributed by atoms with Gasteiger partial charge in [-0.05, 0) is 123 Å². The zero-order chi connectivity index (χ0) is 90.1. The predicted octanol–water partition coefficient (Wildman–Crippen LogP) is 12.7. The first-order valence-corrected chi connectivity index (χ1v) is 38.7. The van der Waals surface area contributed by atoms with Crippen LogP contribution in [0.3, 0.4) is 0 Å². The molecule has 0 bridgehead atoms. The van der Waals surface area contributed by atoms with Crippen LogP contribution < -0.4 is 66.7 Å². The summed E-state index contributed by atoms with van der Waals surface area (Å²) in [5, 5.41) is 14.1. The third-order valence-corrected chi connectivity index (χ3v) is 22.0. The van der Waals surface area contributed by atoms with Crippen molar-refractivity contribution in [2.45, 2.75) is 93.2 Å². The van der Waals surface area contributed by atoms with E-state index in [-0.39, 0.29) is 116 Å². The van der Waals surface area contributed by atoms with Gasteiger partial charge in [-0.2, -0.15) is 36.9 Å². The van der Waals surface area contributed by atoms with Crippen molar-refractivity contribution < 1.29 is 35.1 Å². The molecule has 28 heteroatoms. The summed E-state index contributed by atoms with van der Waals surface area (Å²) in [6, 6.07) is 53.7. The van der Waals surface area contributed by atoms with E-state index in [0.29, 0.717) is 33.4 Å². The molecular formula is C98H62F8N8O12. The molecule has 0 unspecified atom stereocenters. The Balaban J connectivity index is 0.000000153. The second-order valence-electron chi connectivity index (χ2n) is 30.6. The second-order valence-corrected chi connectivity index (χ2v) is 30.6. The summed E-state index contributed by atoms with van der Waals surface area (Å²) < 4.78 is 116. The molecule has 6 aromatic heterocycles. The van der Waals surface area contributed by atoms with Gasteiger partial charge in [-0.25, -0.2) is 8.78 Å². The number of halogens is 8. The quantitative estimate of drug-likeness (QED) is 0.0812. The lowest BCUT2D eigenvalue weighted by molar-refractivity contribution is -0.138. The van der Waals surface area contributed by atoms with Crippen LogP contribution >= 0.6 is 0 Å². The van der Waals surface area contributed by atoms with Gasteiger partial charge in [-0.1, -0.05) is 203 Å². The Morgan fingerprint density at radius 3 is 0.548 bits per heavy atom. The standard InChI is InChI=1S/C44H26F6N2O4.C28H18N4O4.C26H18F2N2O4/c1-25-3-7-29(8-4-25)23-51-39(53)35-33(21-15-27-11-17-31(18-12-27)43(45,46)47)37-38(42(56)52(41(37)55)24-30-9-5-26(2)6-10-30)34(36(35)40(51)54)22-16-28-13-19-32(20-14-28)44(48,49)50;1-15-3-7-17(8-4-15)13-31-25(33)21-19(11-29)23-24(20(12-30)22(21)26(31)34)28(36)32(27(23)35)14-18-9-5-16(2)6-10-18;1-13-3-7-15(8-4-13)11-29-23(31)17-18(24(29)32)22(28)20-19(21(17)27)25(33)30(26(20)34)12-16-9-5-14(2)6-10-16/h3-14,17-20H,23-24H2,1-2H3;3-10H,13-14H2,1-2H3;3-10H,11-12H2,1-2H3. The summed E-state index contributed by atoms with van der Waals surface area (Å²) >= 11 is 0. The SMILES string of the molecule is Cc1ccc(Cn2c(=O)c3c(C#Cc4ccc(C(F)(F)F)cc4)c4c(=O)n(Cc5ccc(C)cc5)c(=O)c4c(C#Cc4ccc(C(F)(F)F)cc4)c3c2=O)cc1.Cc1ccc(Cn2c(=O)c3c(C#N)c4c(=O)n(Cc5ccc(C)cc5)c(=O)c4c(C#N)c3c2=O)cc1.Cc1ccc(Cn2c(=O)c3c(F)c4c(=O)n(Cc5ccc(C)cc5)c(=O)c4c(F)c3c2=O)cc1. The van der Waals surface area contributed by atoms with E-state index in [1.54, 1.807) is 121 Å². The van der Waals surface area contributed by atoms with Crippen molar-refractivity contribution in [1.82, 2.24) is 27.4 Å². The van der Waals surface area contributed by atoms with E-state index in [1.807, 2.05) is 77.9 Å². The van der Waals surface area contributed by atoms with Crippen molar-refractivity contribution in [3.8, 4) is 35.8 Å². The maximum Gasteiger partial charge on any atom is 0.416 e. The van der Waals surface area contributed by atoms with Crippen molar-refractivity contribution in [3.05, 3.63) is 441 Å². The van der Waals surface area contributed by atoms with Gasteiger partial charge in [-0.15, -0.1) is 0 Å². The first kappa shape index (κ1) is 84.8. The van der Waals surface area contributed by atoms with Crippen molar-refractivity contribution in [3.63, 3.8) is 0 Å². The monoisotopic (exact) mass is 1690 g/mol. The molecule has 126 heavy (non-hydrogen) atoms. The van der Waals surface area contributed by atoms with Crippen LogP contribution in [0.5, 0.6) is 0 Å². The van der Waals surface area contributed by atoms with Crippen LogP contribution in [0.2, 0.25) is 0 Å². The van der Waals surface area contributed by atoms with Crippen molar-refractivity contribution in [1.29, 1.82) is 10.5 Å². The molecule has 0 aliphatic rings. The highest BCUT2D eigenvalue weighted by molar-refractivity contribution is 6.11. The van der Waals surface area contributed by atoms with Gasteiger partial charge in [0.2, 0.25) is 0 Å². The molecule has 0 atom stereocenters. The molecule has 0 amide bonds. The molecule has 17 aromatic rings. The fourth-order valence-corrected chi connectivity index (χ4v) is 15.2. The lowest BCUT2D eigenvalue weighted by Gasteiger charge is -2.05. The summed E-state index contributed by atoms with van der Waals surface area (Å²) in [6.07, 6.45) is -9.24. The van der Waals surface area contributed by atoms with Gasteiger partial charge in [0.25, 0.3) is 66.7 Å². The number of benzene rings is 11. The summed E-state index contributed by atoms with van der Waals surface area (Å²) in [5.74, 6) is 8.18. The number of hydrogen-bond donors (Lipinski definition) is 0. The van der Waals surface area contributed by atoms with Crippen LogP contribution in [0.1, 0.15) is 111 Å². The lowest BCUT2D eigenvalue weighted by atomic mass is 9.96. The molecule has 0 spiro atoms. The van der Waals surface area contributed by atoms with E-state index < -0.39 is 123 Å². The van der Waals surface area contributed by atoms with Crippen LogP contribution in [0.15, 0.2) is 252 Å². The molecule has 0 N–H and O–H groups in total. The first-order valence-electron chi connectivity index (χ1n) is 38.7. The van der Waals surface area contributed by atoms with Gasteiger partial charge < -0.3 is 0 Å². The number of fused-ring (bicyclic) bond motifs is 6. The Labute approximate surface area is 704 Å². The topological polar surface area (TPSA) is 282 Å². The van der Waals surface area contributed by atoms with Gasteiger partial charge in [0.15, 0.2) is 11.6 Å². The van der Waals surface area contributed by atoms with Crippen LogP contribution in [0.4, 0.5) is 35.1 Å². The zero-order valence-electron chi connectivity index (χ0n) is 67.2. The smallest absolute Gasteiger partial charge is 0.270 e. The molecule has 0 fully saturated rings. The minimum absolute atomic E-state index is 0.0749. The van der Waals surface area contributed by atoms with Crippen molar-refractivity contribution in [2.75, 3.05) is 0 Å². The third kappa shape index (κ3) is 15.5. The highest BCUT2D eigenvalue weighted by Crippen LogP contribution is 2.34. The van der Waals surface area contributed by atoms with Crippen LogP contribution in [0, 0.1) is 99.5 Å². The largest absolute Gasteiger partial charge is 0.416 e. The Morgan fingerprint density at radius 1 is 0.230 bits per heavy atom. The van der Waals surface area contributed by atoms with E-state index in [1.165, 1.54) is 0 Å². The number of hydrogen-bond acceptors (Lipinski definition) is 14. The molecule has 622 valence electrons. The van der Waals surface area contributed by atoms with E-state index in [4.69, 9.17) is 0 Å². The summed E-state index contributed by atoms with van der Waals surface area (Å²) in [7, 11) is 0. The van der Waals surface area contributed by atoms with E-state index in [0.717, 1.165) is 109 Å². The highest BCUT2D eigenvalue weighted by atomic mass is 19.4. The van der Waals surface area contributed by atoms with E-state index in [2.05, 4.69) is 23.7 Å². The third-order valence-electron chi connectivity index (χ3n) is 22.0. The highest BCUT2D eigenvalue weighted by Gasteiger charge is 2.35. The predicted molar refractivity (Wildman–Crippen MR) is 461 cm³/mol. The zero-order valence-corrected chi connectivity index (χ0v) is 67.2. The molecule has 6 heterocycles. The minimum Gasteiger partial charge on any atom is -0.270 e. The molecular weight excluding hydrogens is 1630 g/mol. The average molecular weight is 1700 g/mol. The van der Waals surface area contributed by atoms with Gasteiger partial charge >= 0.3 is 12.4 Å². The Morgan fingerprint density at radius 2 is 0.389 bits per heavy atom. The Bertz CT molecular complexity index is 7620. The van der Waals surface area contributed by atoms with Crippen LogP contribution in [0.25, 0.3) is 64.6 Å². The molecule has 11 aromatic carbocycles. The number of nitriles is 2. The molecule has 17 rings (SSSR count). The van der Waals surface area contributed by atoms with Crippen LogP contribution in [-0.2, 0) is 51.6 Å². The van der Waals surface area contributed by atoms with Gasteiger partial charge in [0.05, 0.1) is 137 Å². The number of aryl methyl sites for hydroxylation is 6. The first-order chi connectivity index (χ1) is 60.0. The number of nitrogens with zero attached hydrogens (tertiary/aromatic N) is 8. The maximum atomic E-state index is 15.5. The number of aromatic nitrogens is 6. The summed E-state index contributed by atoms with van der Waals surface area (Å²) in [6.45, 7) is 10.3. The number of alkyl halides is 6. The lowest BCUT2D eigenvalue weighted by Crippen LogP contribution is -2.27. The summed E-state index contributed by atoms with van der Waals surface area (Å²) in [4.78, 5) is 163. The second kappa shape index (κ2) is 33.0. The normalized spacial score (nSPS) is 11.5. The summed E-state index contributed by atoms with van der Waals surface area (Å²) in [5.41, 5.74) is -4.26. The molecule has 0 aliphatic carbocycles. The van der Waals surface area contributed by atoms with Gasteiger partial charge in [0.1, 0.15) is 12.1 Å². The van der Waals surface area contributed by atoms with Crippen LogP contribution in [-0.4, -0.2) is 27.4 Å². The Hall–Kier alpha value is -16.2. The van der Waals surface area contributed by atoms with E-state index >= 15 is 8.78 Å². The molecule has 20 nitrogen and oxygen atoms in total.